The minimum absolute atomic E-state index is 0.144. The summed E-state index contributed by atoms with van der Waals surface area (Å²) in [5.41, 5.74) is 1.88. The predicted molar refractivity (Wildman–Crippen MR) is 96.4 cm³/mol. The molecule has 4 aliphatic rings. The van der Waals surface area contributed by atoms with Crippen LogP contribution in [0.2, 0.25) is 0 Å². The smallest absolute Gasteiger partial charge is 0.0998 e. The largest absolute Gasteiger partial charge is 0.378 e. The Morgan fingerprint density at radius 3 is 2.62 bits per heavy atom. The lowest BCUT2D eigenvalue weighted by Gasteiger charge is -2.48. The number of ether oxygens (including phenoxy) is 1. The van der Waals surface area contributed by atoms with Gasteiger partial charge in [0.05, 0.1) is 24.6 Å². The van der Waals surface area contributed by atoms with E-state index in [1.807, 2.05) is 0 Å². The van der Waals surface area contributed by atoms with E-state index in [9.17, 15) is 0 Å². The number of morpholine rings is 1. The van der Waals surface area contributed by atoms with Gasteiger partial charge in [-0.05, 0) is 43.1 Å². The number of amidine groups is 1. The maximum Gasteiger partial charge on any atom is 0.0998 e. The zero-order chi connectivity index (χ0) is 16.2. The third-order valence-electron chi connectivity index (χ3n) is 7.63. The highest BCUT2D eigenvalue weighted by molar-refractivity contribution is 5.85. The van der Waals surface area contributed by atoms with Gasteiger partial charge in [-0.1, -0.05) is 37.3 Å². The Balaban J connectivity index is 1.57. The van der Waals surface area contributed by atoms with Crippen LogP contribution in [0.3, 0.4) is 0 Å². The van der Waals surface area contributed by atoms with Crippen LogP contribution in [0.5, 0.6) is 0 Å². The Kier molecular flexibility index (Phi) is 3.31. The topological polar surface area (TPSA) is 24.8 Å². The van der Waals surface area contributed by atoms with Gasteiger partial charge in [0, 0.05) is 24.9 Å². The van der Waals surface area contributed by atoms with Crippen LogP contribution in [-0.4, -0.2) is 42.6 Å². The quantitative estimate of drug-likeness (QED) is 0.788. The van der Waals surface area contributed by atoms with Crippen LogP contribution in [0.1, 0.15) is 44.6 Å². The zero-order valence-electron chi connectivity index (χ0n) is 14.7. The molecule has 3 fully saturated rings. The molecule has 1 aromatic carbocycles. The zero-order valence-corrected chi connectivity index (χ0v) is 14.7. The van der Waals surface area contributed by atoms with E-state index in [1.165, 1.54) is 37.1 Å². The van der Waals surface area contributed by atoms with Gasteiger partial charge >= 0.3 is 0 Å². The van der Waals surface area contributed by atoms with Crippen molar-refractivity contribution in [2.75, 3.05) is 26.3 Å². The second kappa shape index (κ2) is 5.32. The number of aliphatic imine (C=N–C) groups is 1. The van der Waals surface area contributed by atoms with Crippen LogP contribution in [0.4, 0.5) is 0 Å². The van der Waals surface area contributed by atoms with E-state index in [0.29, 0.717) is 0 Å². The normalized spacial score (nSPS) is 41.2. The standard InChI is InChI=1S/C21H28N2O/c1-20(16-5-3-2-4-6-16)17-7-8-18(15-17)21(20)10-9-19(22-21)23-11-13-24-14-12-23/h2-6,17-18H,7-15H2,1H3. The van der Waals surface area contributed by atoms with Gasteiger partial charge in [-0.15, -0.1) is 0 Å². The van der Waals surface area contributed by atoms with Crippen molar-refractivity contribution in [1.29, 1.82) is 0 Å². The van der Waals surface area contributed by atoms with Gasteiger partial charge in [-0.3, -0.25) is 4.99 Å². The van der Waals surface area contributed by atoms with E-state index >= 15 is 0 Å². The lowest BCUT2D eigenvalue weighted by Crippen LogP contribution is -2.51. The summed E-state index contributed by atoms with van der Waals surface area (Å²) in [6.45, 7) is 6.27. The average molecular weight is 324 g/mol. The van der Waals surface area contributed by atoms with E-state index in [4.69, 9.17) is 9.73 Å². The van der Waals surface area contributed by atoms with Gasteiger partial charge in [0.25, 0.3) is 0 Å². The molecule has 2 bridgehead atoms. The highest BCUT2D eigenvalue weighted by Crippen LogP contribution is 2.66. The van der Waals surface area contributed by atoms with Crippen LogP contribution >= 0.6 is 0 Å². The van der Waals surface area contributed by atoms with Crippen LogP contribution < -0.4 is 0 Å². The first kappa shape index (κ1) is 14.9. The summed E-state index contributed by atoms with van der Waals surface area (Å²) in [5.74, 6) is 2.96. The van der Waals surface area contributed by atoms with Crippen molar-refractivity contribution in [3.8, 4) is 0 Å². The second-order valence-corrected chi connectivity index (χ2v) is 8.33. The van der Waals surface area contributed by atoms with Crippen LogP contribution in [0.15, 0.2) is 35.3 Å². The van der Waals surface area contributed by atoms with Crippen LogP contribution in [0.25, 0.3) is 0 Å². The minimum Gasteiger partial charge on any atom is -0.378 e. The molecule has 2 heterocycles. The number of benzene rings is 1. The Labute approximate surface area is 145 Å². The first-order chi connectivity index (χ1) is 11.7. The van der Waals surface area contributed by atoms with Crippen molar-refractivity contribution >= 4 is 5.84 Å². The van der Waals surface area contributed by atoms with Gasteiger partial charge in [0.1, 0.15) is 0 Å². The van der Waals surface area contributed by atoms with Crippen molar-refractivity contribution in [1.82, 2.24) is 4.90 Å². The maximum atomic E-state index is 5.54. The summed E-state index contributed by atoms with van der Waals surface area (Å²) in [7, 11) is 0. The highest BCUT2D eigenvalue weighted by atomic mass is 16.5. The Bertz CT molecular complexity index is 651. The van der Waals surface area contributed by atoms with Crippen molar-refractivity contribution in [2.45, 2.75) is 50.0 Å². The molecule has 0 N–H and O–H groups in total. The van der Waals surface area contributed by atoms with Gasteiger partial charge in [0.2, 0.25) is 0 Å². The van der Waals surface area contributed by atoms with Crippen molar-refractivity contribution in [3.05, 3.63) is 35.9 Å². The van der Waals surface area contributed by atoms with E-state index < -0.39 is 0 Å². The van der Waals surface area contributed by atoms with Crippen molar-refractivity contribution in [2.24, 2.45) is 16.8 Å². The Hall–Kier alpha value is -1.35. The predicted octanol–water partition coefficient (Wildman–Crippen LogP) is 3.64. The fraction of sp³-hybridized carbons (Fsp3) is 0.667. The molecule has 24 heavy (non-hydrogen) atoms. The average Bonchev–Trinajstić information content (AvgIpc) is 3.35. The highest BCUT2D eigenvalue weighted by Gasteiger charge is 2.66. The van der Waals surface area contributed by atoms with E-state index in [0.717, 1.165) is 44.6 Å². The molecular formula is C21H28N2O. The molecule has 1 aromatic rings. The Morgan fingerprint density at radius 1 is 1.08 bits per heavy atom. The monoisotopic (exact) mass is 324 g/mol. The summed E-state index contributed by atoms with van der Waals surface area (Å²) in [5, 5.41) is 0. The third kappa shape index (κ3) is 1.85. The molecular weight excluding hydrogens is 296 g/mol. The van der Waals surface area contributed by atoms with Crippen molar-refractivity contribution in [3.63, 3.8) is 0 Å². The summed E-state index contributed by atoms with van der Waals surface area (Å²) in [4.78, 5) is 8.04. The molecule has 0 radical (unpaired) electrons. The van der Waals surface area contributed by atoms with Crippen molar-refractivity contribution < 1.29 is 4.74 Å². The summed E-state index contributed by atoms with van der Waals surface area (Å²) in [6, 6.07) is 11.3. The lowest BCUT2D eigenvalue weighted by molar-refractivity contribution is 0.0673. The lowest BCUT2D eigenvalue weighted by atomic mass is 9.58. The molecule has 2 aliphatic heterocycles. The third-order valence-corrected chi connectivity index (χ3v) is 7.63. The van der Waals surface area contributed by atoms with E-state index in [2.05, 4.69) is 42.2 Å². The molecule has 1 saturated heterocycles. The number of hydrogen-bond donors (Lipinski definition) is 0. The van der Waals surface area contributed by atoms with Crippen LogP contribution in [-0.2, 0) is 10.2 Å². The molecule has 3 heteroatoms. The van der Waals surface area contributed by atoms with Gasteiger partial charge < -0.3 is 9.64 Å². The van der Waals surface area contributed by atoms with Gasteiger partial charge in [-0.2, -0.15) is 0 Å². The summed E-state index contributed by atoms with van der Waals surface area (Å²) in [6.07, 6.45) is 6.55. The molecule has 4 atom stereocenters. The van der Waals surface area contributed by atoms with E-state index in [1.54, 1.807) is 0 Å². The number of rotatable bonds is 1. The molecule has 5 rings (SSSR count). The molecule has 4 unspecified atom stereocenters. The second-order valence-electron chi connectivity index (χ2n) is 8.33. The minimum atomic E-state index is 0.144. The Morgan fingerprint density at radius 2 is 1.83 bits per heavy atom. The van der Waals surface area contributed by atoms with Gasteiger partial charge in [-0.25, -0.2) is 0 Å². The van der Waals surface area contributed by atoms with Crippen LogP contribution in [0, 0.1) is 11.8 Å². The first-order valence-electron chi connectivity index (χ1n) is 9.71. The molecule has 0 amide bonds. The first-order valence-corrected chi connectivity index (χ1v) is 9.71. The van der Waals surface area contributed by atoms with E-state index in [-0.39, 0.29) is 11.0 Å². The fourth-order valence-corrected chi connectivity index (χ4v) is 6.35. The SMILES string of the molecule is CC1(c2ccccc2)C2CCC(C2)C12CCC(N1CCOCC1)=N2. The maximum absolute atomic E-state index is 5.54. The molecule has 0 aromatic heterocycles. The summed E-state index contributed by atoms with van der Waals surface area (Å²) < 4.78 is 5.54. The number of hydrogen-bond acceptors (Lipinski definition) is 3. The molecule has 2 aliphatic carbocycles. The number of nitrogens with zero attached hydrogens (tertiary/aromatic N) is 2. The number of fused-ring (bicyclic) bond motifs is 3. The fourth-order valence-electron chi connectivity index (χ4n) is 6.35. The molecule has 1 spiro atoms. The molecule has 128 valence electrons. The van der Waals surface area contributed by atoms with Gasteiger partial charge in [0.15, 0.2) is 0 Å². The summed E-state index contributed by atoms with van der Waals surface area (Å²) >= 11 is 0. The molecule has 3 nitrogen and oxygen atoms in total. The molecule has 2 saturated carbocycles.